The summed E-state index contributed by atoms with van der Waals surface area (Å²) >= 11 is 0. The smallest absolute Gasteiger partial charge is 0.241 e. The molecule has 1 N–H and O–H groups in total. The van der Waals surface area contributed by atoms with E-state index in [1.54, 1.807) is 12.1 Å². The van der Waals surface area contributed by atoms with Crippen LogP contribution in [0.5, 0.6) is 0 Å². The second-order valence-electron chi connectivity index (χ2n) is 5.44. The third kappa shape index (κ3) is 4.24. The molecule has 0 saturated heterocycles. The summed E-state index contributed by atoms with van der Waals surface area (Å²) in [4.78, 5) is 6.38. The lowest BCUT2D eigenvalue weighted by atomic mass is 10.2. The Labute approximate surface area is 139 Å². The summed E-state index contributed by atoms with van der Waals surface area (Å²) in [7, 11) is 0. The van der Waals surface area contributed by atoms with Crippen molar-refractivity contribution in [3.8, 4) is 11.4 Å². The second kappa shape index (κ2) is 7.81. The predicted octanol–water partition coefficient (Wildman–Crippen LogP) is 2.87. The molecule has 0 saturated carbocycles. The number of nitrogens with zero attached hydrogens (tertiary/aromatic N) is 3. The molecular formula is C18H18FN3O2. The van der Waals surface area contributed by atoms with Gasteiger partial charge in [-0.25, -0.2) is 4.39 Å². The van der Waals surface area contributed by atoms with Crippen molar-refractivity contribution in [2.75, 3.05) is 13.2 Å². The molecule has 2 aromatic carbocycles. The number of benzene rings is 2. The molecule has 1 aromatic heterocycles. The molecule has 5 nitrogen and oxygen atoms in total. The van der Waals surface area contributed by atoms with Crippen molar-refractivity contribution >= 4 is 0 Å². The minimum Gasteiger partial charge on any atom is -0.395 e. The number of aliphatic hydroxyl groups excluding tert-OH is 1. The maximum Gasteiger partial charge on any atom is 0.241 e. The lowest BCUT2D eigenvalue weighted by Crippen LogP contribution is -2.26. The summed E-state index contributed by atoms with van der Waals surface area (Å²) in [6, 6.07) is 15.9. The average molecular weight is 327 g/mol. The van der Waals surface area contributed by atoms with Crippen molar-refractivity contribution in [1.82, 2.24) is 15.0 Å². The van der Waals surface area contributed by atoms with E-state index in [-0.39, 0.29) is 12.4 Å². The van der Waals surface area contributed by atoms with Crippen molar-refractivity contribution in [1.29, 1.82) is 0 Å². The molecule has 1 heterocycles. The van der Waals surface area contributed by atoms with Gasteiger partial charge in [0, 0.05) is 18.7 Å². The van der Waals surface area contributed by atoms with Crippen LogP contribution >= 0.6 is 0 Å². The molecule has 0 unspecified atom stereocenters. The Hall–Kier alpha value is -2.57. The van der Waals surface area contributed by atoms with Crippen LogP contribution in [-0.2, 0) is 13.1 Å². The summed E-state index contributed by atoms with van der Waals surface area (Å²) < 4.78 is 18.3. The van der Waals surface area contributed by atoms with Gasteiger partial charge in [0.05, 0.1) is 13.2 Å². The molecule has 0 spiro atoms. The van der Waals surface area contributed by atoms with Gasteiger partial charge in [-0.2, -0.15) is 4.98 Å². The van der Waals surface area contributed by atoms with Crippen LogP contribution in [0.1, 0.15) is 11.5 Å². The molecule has 0 atom stereocenters. The summed E-state index contributed by atoms with van der Waals surface area (Å²) in [5, 5.41) is 13.2. The highest BCUT2D eigenvalue weighted by Gasteiger charge is 2.13. The Morgan fingerprint density at radius 3 is 2.46 bits per heavy atom. The van der Waals surface area contributed by atoms with Crippen molar-refractivity contribution < 1.29 is 14.0 Å². The monoisotopic (exact) mass is 327 g/mol. The molecule has 0 aliphatic heterocycles. The molecule has 24 heavy (non-hydrogen) atoms. The van der Waals surface area contributed by atoms with Gasteiger partial charge >= 0.3 is 0 Å². The van der Waals surface area contributed by atoms with Crippen LogP contribution in [0.25, 0.3) is 11.4 Å². The highest BCUT2D eigenvalue weighted by molar-refractivity contribution is 5.53. The normalized spacial score (nSPS) is 11.1. The van der Waals surface area contributed by atoms with Crippen molar-refractivity contribution in [2.24, 2.45) is 0 Å². The van der Waals surface area contributed by atoms with Crippen LogP contribution in [-0.4, -0.2) is 33.3 Å². The van der Waals surface area contributed by atoms with E-state index in [2.05, 4.69) is 10.1 Å². The minimum absolute atomic E-state index is 0.0474. The van der Waals surface area contributed by atoms with Gasteiger partial charge in [-0.3, -0.25) is 4.90 Å². The van der Waals surface area contributed by atoms with Gasteiger partial charge in [-0.1, -0.05) is 35.5 Å². The van der Waals surface area contributed by atoms with Crippen LogP contribution in [0, 0.1) is 5.82 Å². The molecule has 0 fully saturated rings. The van der Waals surface area contributed by atoms with Gasteiger partial charge in [-0.15, -0.1) is 0 Å². The first kappa shape index (κ1) is 16.3. The minimum atomic E-state index is -0.306. The Kier molecular flexibility index (Phi) is 5.30. The van der Waals surface area contributed by atoms with Gasteiger partial charge in [0.25, 0.3) is 0 Å². The Balaban J connectivity index is 1.70. The van der Waals surface area contributed by atoms with E-state index in [9.17, 15) is 9.50 Å². The van der Waals surface area contributed by atoms with Gasteiger partial charge in [-0.05, 0) is 29.8 Å². The zero-order valence-electron chi connectivity index (χ0n) is 13.1. The molecule has 0 aliphatic rings. The SMILES string of the molecule is OCCN(Cc1ccccc1)Cc1nc(-c2ccc(F)cc2)no1. The van der Waals surface area contributed by atoms with E-state index in [0.29, 0.717) is 36.9 Å². The number of aliphatic hydroxyl groups is 1. The number of hydrogen-bond donors (Lipinski definition) is 1. The van der Waals surface area contributed by atoms with E-state index < -0.39 is 0 Å². The Bertz CT molecular complexity index is 759. The van der Waals surface area contributed by atoms with E-state index >= 15 is 0 Å². The van der Waals surface area contributed by atoms with Crippen LogP contribution in [0.2, 0.25) is 0 Å². The Morgan fingerprint density at radius 2 is 1.75 bits per heavy atom. The quantitative estimate of drug-likeness (QED) is 0.723. The average Bonchev–Trinajstić information content (AvgIpc) is 3.05. The first-order chi connectivity index (χ1) is 11.7. The van der Waals surface area contributed by atoms with Crippen LogP contribution in [0.3, 0.4) is 0 Å². The number of hydrogen-bond acceptors (Lipinski definition) is 5. The van der Waals surface area contributed by atoms with E-state index in [4.69, 9.17) is 4.52 Å². The molecule has 6 heteroatoms. The summed E-state index contributed by atoms with van der Waals surface area (Å²) in [5.74, 6) is 0.576. The molecular weight excluding hydrogens is 309 g/mol. The van der Waals surface area contributed by atoms with Gasteiger partial charge in [0.1, 0.15) is 5.82 Å². The molecule has 3 aromatic rings. The second-order valence-corrected chi connectivity index (χ2v) is 5.44. The largest absolute Gasteiger partial charge is 0.395 e. The van der Waals surface area contributed by atoms with Gasteiger partial charge in [0.15, 0.2) is 0 Å². The molecule has 3 rings (SSSR count). The highest BCUT2D eigenvalue weighted by atomic mass is 19.1. The van der Waals surface area contributed by atoms with Crippen molar-refractivity contribution in [3.63, 3.8) is 0 Å². The standard InChI is InChI=1S/C18H18FN3O2/c19-16-8-6-15(7-9-16)18-20-17(24-21-18)13-22(10-11-23)12-14-4-2-1-3-5-14/h1-9,23H,10-13H2. The number of halogens is 1. The number of aromatic nitrogens is 2. The first-order valence-electron chi connectivity index (χ1n) is 7.70. The highest BCUT2D eigenvalue weighted by Crippen LogP contribution is 2.17. The van der Waals surface area contributed by atoms with Crippen LogP contribution in [0.15, 0.2) is 59.1 Å². The first-order valence-corrected chi connectivity index (χ1v) is 7.70. The maximum atomic E-state index is 13.0. The Morgan fingerprint density at radius 1 is 1.00 bits per heavy atom. The fraction of sp³-hybridized carbons (Fsp3) is 0.222. The molecule has 0 amide bonds. The third-order valence-corrected chi connectivity index (χ3v) is 3.59. The van der Waals surface area contributed by atoms with Crippen molar-refractivity contribution in [2.45, 2.75) is 13.1 Å². The molecule has 0 bridgehead atoms. The summed E-state index contributed by atoms with van der Waals surface area (Å²) in [6.07, 6.45) is 0. The van der Waals surface area contributed by atoms with Crippen LogP contribution in [0.4, 0.5) is 4.39 Å². The summed E-state index contributed by atoms with van der Waals surface area (Å²) in [6.45, 7) is 1.66. The van der Waals surface area contributed by atoms with Gasteiger partial charge in [0.2, 0.25) is 11.7 Å². The maximum absolute atomic E-state index is 13.0. The van der Waals surface area contributed by atoms with Crippen LogP contribution < -0.4 is 0 Å². The molecule has 0 aliphatic carbocycles. The lowest BCUT2D eigenvalue weighted by Gasteiger charge is -2.19. The topological polar surface area (TPSA) is 62.4 Å². The molecule has 124 valence electrons. The number of rotatable bonds is 7. The van der Waals surface area contributed by atoms with E-state index in [1.807, 2.05) is 35.2 Å². The lowest BCUT2D eigenvalue weighted by molar-refractivity contribution is 0.167. The molecule has 0 radical (unpaired) electrons. The fourth-order valence-electron chi connectivity index (χ4n) is 2.42. The zero-order valence-corrected chi connectivity index (χ0v) is 13.1. The summed E-state index contributed by atoms with van der Waals surface area (Å²) in [5.41, 5.74) is 1.84. The van der Waals surface area contributed by atoms with E-state index in [0.717, 1.165) is 5.56 Å². The fourth-order valence-corrected chi connectivity index (χ4v) is 2.42. The van der Waals surface area contributed by atoms with Crippen molar-refractivity contribution in [3.05, 3.63) is 71.9 Å². The third-order valence-electron chi connectivity index (χ3n) is 3.59. The van der Waals surface area contributed by atoms with E-state index in [1.165, 1.54) is 12.1 Å². The van der Waals surface area contributed by atoms with Gasteiger partial charge < -0.3 is 9.63 Å². The predicted molar refractivity (Wildman–Crippen MR) is 87.3 cm³/mol. The zero-order chi connectivity index (χ0) is 16.8.